The molecule has 1 fully saturated rings. The number of nitrogens with one attached hydrogen (secondary N) is 1. The van der Waals surface area contributed by atoms with Gasteiger partial charge in [-0.25, -0.2) is 4.79 Å². The van der Waals surface area contributed by atoms with Gasteiger partial charge in [-0.1, -0.05) is 19.3 Å². The molecule has 2 N–H and O–H groups in total. The quantitative estimate of drug-likeness (QED) is 0.878. The standard InChI is InChI=1S/C16H19F3N2O3/c1-9-11(7-20-8-12(9)15(23)24)14(22)21-13(16(17,18)19)10-5-3-2-4-6-10/h7-8,10,13H,2-6H2,1H3,(H,21,22)(H,23,24). The van der Waals surface area contributed by atoms with Crippen molar-refractivity contribution in [3.8, 4) is 0 Å². The van der Waals surface area contributed by atoms with E-state index in [9.17, 15) is 22.8 Å². The summed E-state index contributed by atoms with van der Waals surface area (Å²) < 4.78 is 40.1. The van der Waals surface area contributed by atoms with Crippen molar-refractivity contribution in [3.63, 3.8) is 0 Å². The molecular formula is C16H19F3N2O3. The Morgan fingerprint density at radius 3 is 2.33 bits per heavy atom. The minimum absolute atomic E-state index is 0.0968. The maximum Gasteiger partial charge on any atom is 0.408 e. The van der Waals surface area contributed by atoms with Crippen molar-refractivity contribution >= 4 is 11.9 Å². The highest BCUT2D eigenvalue weighted by molar-refractivity contribution is 5.99. The summed E-state index contributed by atoms with van der Waals surface area (Å²) in [5, 5.41) is 11.1. The molecule has 1 amide bonds. The van der Waals surface area contributed by atoms with E-state index in [1.165, 1.54) is 6.92 Å². The van der Waals surface area contributed by atoms with Crippen molar-refractivity contribution in [2.75, 3.05) is 0 Å². The number of pyridine rings is 1. The van der Waals surface area contributed by atoms with Crippen LogP contribution in [0.5, 0.6) is 0 Å². The van der Waals surface area contributed by atoms with Crippen LogP contribution in [0.1, 0.15) is 58.4 Å². The van der Waals surface area contributed by atoms with Gasteiger partial charge in [0.25, 0.3) is 5.91 Å². The van der Waals surface area contributed by atoms with Crippen LogP contribution in [0.4, 0.5) is 13.2 Å². The van der Waals surface area contributed by atoms with Gasteiger partial charge in [-0.15, -0.1) is 0 Å². The monoisotopic (exact) mass is 344 g/mol. The number of carboxylic acid groups (broad SMARTS) is 1. The average molecular weight is 344 g/mol. The average Bonchev–Trinajstić information content (AvgIpc) is 2.52. The van der Waals surface area contributed by atoms with E-state index in [1.54, 1.807) is 0 Å². The predicted molar refractivity (Wildman–Crippen MR) is 79.8 cm³/mol. The Hall–Kier alpha value is -2.12. The fourth-order valence-electron chi connectivity index (χ4n) is 3.12. The van der Waals surface area contributed by atoms with Gasteiger partial charge in [-0.2, -0.15) is 13.2 Å². The lowest BCUT2D eigenvalue weighted by molar-refractivity contribution is -0.167. The van der Waals surface area contributed by atoms with Gasteiger partial charge >= 0.3 is 12.1 Å². The van der Waals surface area contributed by atoms with Gasteiger partial charge in [0.1, 0.15) is 6.04 Å². The Balaban J connectivity index is 2.25. The number of carbonyl (C=O) groups is 2. The first-order valence-electron chi connectivity index (χ1n) is 7.77. The third-order valence-corrected chi connectivity index (χ3v) is 4.45. The molecule has 1 saturated carbocycles. The second kappa shape index (κ2) is 7.19. The molecule has 1 aliphatic carbocycles. The van der Waals surface area contributed by atoms with Gasteiger partial charge in [-0.3, -0.25) is 9.78 Å². The van der Waals surface area contributed by atoms with Crippen LogP contribution in [-0.4, -0.2) is 34.2 Å². The highest BCUT2D eigenvalue weighted by atomic mass is 19.4. The second-order valence-electron chi connectivity index (χ2n) is 6.06. The normalized spacial score (nSPS) is 17.3. The van der Waals surface area contributed by atoms with E-state index >= 15 is 0 Å². The molecule has 2 rings (SSSR count). The van der Waals surface area contributed by atoms with Crippen molar-refractivity contribution in [3.05, 3.63) is 29.1 Å². The number of amides is 1. The zero-order valence-corrected chi connectivity index (χ0v) is 13.2. The Morgan fingerprint density at radius 2 is 1.79 bits per heavy atom. The van der Waals surface area contributed by atoms with Gasteiger partial charge < -0.3 is 10.4 Å². The van der Waals surface area contributed by atoms with Gasteiger partial charge in [-0.05, 0) is 31.2 Å². The third kappa shape index (κ3) is 4.04. The van der Waals surface area contributed by atoms with E-state index in [0.29, 0.717) is 25.7 Å². The number of aromatic nitrogens is 1. The van der Waals surface area contributed by atoms with Gasteiger partial charge in [0, 0.05) is 12.4 Å². The highest BCUT2D eigenvalue weighted by Crippen LogP contribution is 2.34. The molecule has 24 heavy (non-hydrogen) atoms. The number of carbonyl (C=O) groups excluding carboxylic acids is 1. The largest absolute Gasteiger partial charge is 0.478 e. The number of alkyl halides is 3. The first-order chi connectivity index (χ1) is 11.2. The summed E-state index contributed by atoms with van der Waals surface area (Å²) in [5.74, 6) is -2.89. The SMILES string of the molecule is Cc1c(C(=O)O)cncc1C(=O)NC(C1CCCCC1)C(F)(F)F. The summed E-state index contributed by atoms with van der Waals surface area (Å²) in [6.07, 6.45) is 0.752. The molecule has 0 aliphatic heterocycles. The molecule has 1 heterocycles. The van der Waals surface area contributed by atoms with Crippen LogP contribution >= 0.6 is 0 Å². The van der Waals surface area contributed by atoms with Crippen molar-refractivity contribution < 1.29 is 27.9 Å². The molecule has 0 radical (unpaired) electrons. The summed E-state index contributed by atoms with van der Waals surface area (Å²) in [6, 6.07) is -1.93. The predicted octanol–water partition coefficient (Wildman–Crippen LogP) is 3.33. The Kier molecular flexibility index (Phi) is 5.46. The number of aromatic carboxylic acids is 1. The Labute approximate surface area is 137 Å². The van der Waals surface area contributed by atoms with E-state index in [4.69, 9.17) is 5.11 Å². The lowest BCUT2D eigenvalue weighted by Crippen LogP contribution is -2.50. The first-order valence-corrected chi connectivity index (χ1v) is 7.77. The smallest absolute Gasteiger partial charge is 0.408 e. The summed E-state index contributed by atoms with van der Waals surface area (Å²) in [4.78, 5) is 27.0. The molecule has 8 heteroatoms. The van der Waals surface area contributed by atoms with Gasteiger partial charge in [0.15, 0.2) is 0 Å². The molecule has 1 aromatic heterocycles. The summed E-state index contributed by atoms with van der Waals surface area (Å²) in [7, 11) is 0. The van der Waals surface area contributed by atoms with E-state index in [0.717, 1.165) is 18.8 Å². The van der Waals surface area contributed by atoms with Crippen LogP contribution in [0.25, 0.3) is 0 Å². The molecule has 1 aromatic rings. The van der Waals surface area contributed by atoms with Crippen molar-refractivity contribution in [2.24, 2.45) is 5.92 Å². The number of halogens is 3. The lowest BCUT2D eigenvalue weighted by Gasteiger charge is -2.32. The summed E-state index contributed by atoms with van der Waals surface area (Å²) in [6.45, 7) is 1.38. The van der Waals surface area contributed by atoms with Crippen LogP contribution in [0, 0.1) is 12.8 Å². The molecule has 0 saturated heterocycles. The first kappa shape index (κ1) is 18.2. The zero-order valence-electron chi connectivity index (χ0n) is 13.2. The molecule has 0 bridgehead atoms. The third-order valence-electron chi connectivity index (χ3n) is 4.45. The fraction of sp³-hybridized carbons (Fsp3) is 0.562. The summed E-state index contributed by atoms with van der Waals surface area (Å²) >= 11 is 0. The van der Waals surface area contributed by atoms with Crippen LogP contribution < -0.4 is 5.32 Å². The van der Waals surface area contributed by atoms with E-state index in [-0.39, 0.29) is 16.7 Å². The topological polar surface area (TPSA) is 79.3 Å². The second-order valence-corrected chi connectivity index (χ2v) is 6.06. The van der Waals surface area contributed by atoms with E-state index < -0.39 is 30.0 Å². The Bertz CT molecular complexity index is 625. The molecule has 5 nitrogen and oxygen atoms in total. The molecule has 132 valence electrons. The molecule has 0 spiro atoms. The highest BCUT2D eigenvalue weighted by Gasteiger charge is 2.45. The van der Waals surface area contributed by atoms with Crippen LogP contribution in [0.3, 0.4) is 0 Å². The van der Waals surface area contributed by atoms with Crippen LogP contribution in [0.2, 0.25) is 0 Å². The zero-order chi connectivity index (χ0) is 17.9. The van der Waals surface area contributed by atoms with Crippen molar-refractivity contribution in [1.29, 1.82) is 0 Å². The van der Waals surface area contributed by atoms with Crippen molar-refractivity contribution in [1.82, 2.24) is 10.3 Å². The summed E-state index contributed by atoms with van der Waals surface area (Å²) in [5.41, 5.74) is -0.261. The van der Waals surface area contributed by atoms with E-state index in [2.05, 4.69) is 10.3 Å². The van der Waals surface area contributed by atoms with Crippen LogP contribution in [-0.2, 0) is 0 Å². The maximum absolute atomic E-state index is 13.4. The Morgan fingerprint density at radius 1 is 1.21 bits per heavy atom. The van der Waals surface area contributed by atoms with Crippen LogP contribution in [0.15, 0.2) is 12.4 Å². The minimum Gasteiger partial charge on any atom is -0.478 e. The van der Waals surface area contributed by atoms with Gasteiger partial charge in [0.05, 0.1) is 11.1 Å². The molecule has 1 atom stereocenters. The fourth-order valence-corrected chi connectivity index (χ4v) is 3.12. The van der Waals surface area contributed by atoms with E-state index in [1.807, 2.05) is 0 Å². The number of carboxylic acids is 1. The minimum atomic E-state index is -4.55. The lowest BCUT2D eigenvalue weighted by atomic mass is 9.83. The van der Waals surface area contributed by atoms with Gasteiger partial charge in [0.2, 0.25) is 0 Å². The number of hydrogen-bond acceptors (Lipinski definition) is 3. The number of nitrogens with zero attached hydrogens (tertiary/aromatic N) is 1. The molecule has 0 aromatic carbocycles. The maximum atomic E-state index is 13.4. The van der Waals surface area contributed by atoms with Crippen molar-refractivity contribution in [2.45, 2.75) is 51.2 Å². The number of rotatable bonds is 4. The molecule has 1 unspecified atom stereocenters. The molecule has 1 aliphatic rings. The molecular weight excluding hydrogens is 325 g/mol. The number of hydrogen-bond donors (Lipinski definition) is 2.